The van der Waals surface area contributed by atoms with E-state index in [9.17, 15) is 13.2 Å². The van der Waals surface area contributed by atoms with E-state index in [1.165, 1.54) is 12.5 Å². The zero-order valence-corrected chi connectivity index (χ0v) is 11.8. The van der Waals surface area contributed by atoms with E-state index in [1.807, 2.05) is 13.0 Å². The Morgan fingerprint density at radius 1 is 1.18 bits per heavy atom. The van der Waals surface area contributed by atoms with Crippen LogP contribution in [-0.2, 0) is 6.18 Å². The molecule has 0 aromatic carbocycles. The lowest BCUT2D eigenvalue weighted by Gasteiger charge is -2.40. The van der Waals surface area contributed by atoms with Gasteiger partial charge in [0.05, 0.1) is 11.6 Å². The molecule has 0 amide bonds. The molecule has 2 aromatic rings. The molecule has 5 nitrogen and oxygen atoms in total. The van der Waals surface area contributed by atoms with Gasteiger partial charge >= 0.3 is 6.18 Å². The quantitative estimate of drug-likeness (QED) is 0.944. The molecule has 22 heavy (non-hydrogen) atoms. The fourth-order valence-corrected chi connectivity index (χ4v) is 2.27. The molecule has 1 saturated heterocycles. The van der Waals surface area contributed by atoms with E-state index in [-0.39, 0.29) is 6.04 Å². The van der Waals surface area contributed by atoms with Crippen molar-refractivity contribution in [2.24, 2.45) is 0 Å². The van der Waals surface area contributed by atoms with Crippen LogP contribution in [0.1, 0.15) is 11.3 Å². The van der Waals surface area contributed by atoms with Crippen molar-refractivity contribution >= 4 is 11.6 Å². The standard InChI is InChI=1S/C14H14F3N5/c1-9-4-12(20-8-19-9)21-11-6-22(7-11)13-5-10(2-3-18-13)14(15,16)17/h2-5,8,11H,6-7H2,1H3,(H,19,20,21). The molecule has 0 radical (unpaired) electrons. The monoisotopic (exact) mass is 309 g/mol. The number of halogens is 3. The minimum Gasteiger partial charge on any atom is -0.364 e. The number of aromatic nitrogens is 3. The smallest absolute Gasteiger partial charge is 0.364 e. The first-order chi connectivity index (χ1) is 10.4. The van der Waals surface area contributed by atoms with Gasteiger partial charge in [0.1, 0.15) is 18.0 Å². The van der Waals surface area contributed by atoms with Crippen LogP contribution in [0.15, 0.2) is 30.7 Å². The van der Waals surface area contributed by atoms with E-state index in [0.29, 0.717) is 24.7 Å². The van der Waals surface area contributed by atoms with Crippen molar-refractivity contribution in [1.82, 2.24) is 15.0 Å². The van der Waals surface area contributed by atoms with Crippen molar-refractivity contribution in [2.75, 3.05) is 23.3 Å². The zero-order chi connectivity index (χ0) is 15.7. The third-order valence-electron chi connectivity index (χ3n) is 3.43. The molecule has 2 aromatic heterocycles. The molecule has 3 heterocycles. The molecule has 1 aliphatic heterocycles. The second-order valence-corrected chi connectivity index (χ2v) is 5.19. The summed E-state index contributed by atoms with van der Waals surface area (Å²) < 4.78 is 38.0. The van der Waals surface area contributed by atoms with Gasteiger partial charge in [-0.25, -0.2) is 15.0 Å². The second kappa shape index (κ2) is 5.43. The van der Waals surface area contributed by atoms with E-state index >= 15 is 0 Å². The predicted octanol–water partition coefficient (Wildman–Crippen LogP) is 2.50. The van der Waals surface area contributed by atoms with E-state index in [2.05, 4.69) is 20.3 Å². The van der Waals surface area contributed by atoms with Crippen LogP contribution in [0.25, 0.3) is 0 Å². The Bertz CT molecular complexity index is 668. The van der Waals surface area contributed by atoms with Crippen LogP contribution in [0.3, 0.4) is 0 Å². The van der Waals surface area contributed by atoms with Gasteiger partial charge in [0.25, 0.3) is 0 Å². The van der Waals surface area contributed by atoms with E-state index in [0.717, 1.165) is 17.8 Å². The fourth-order valence-electron chi connectivity index (χ4n) is 2.27. The maximum absolute atomic E-state index is 12.7. The Balaban J connectivity index is 1.62. The summed E-state index contributed by atoms with van der Waals surface area (Å²) in [5.74, 6) is 1.06. The predicted molar refractivity (Wildman–Crippen MR) is 75.6 cm³/mol. The van der Waals surface area contributed by atoms with Gasteiger partial charge in [-0.2, -0.15) is 13.2 Å². The summed E-state index contributed by atoms with van der Waals surface area (Å²) in [6.45, 7) is 3.03. The van der Waals surface area contributed by atoms with Crippen molar-refractivity contribution in [3.05, 3.63) is 42.0 Å². The molecule has 0 unspecified atom stereocenters. The minimum atomic E-state index is -4.35. The molecule has 8 heteroatoms. The van der Waals surface area contributed by atoms with Crippen LogP contribution in [-0.4, -0.2) is 34.1 Å². The first kappa shape index (κ1) is 14.6. The molecule has 0 bridgehead atoms. The van der Waals surface area contributed by atoms with Gasteiger partial charge in [-0.15, -0.1) is 0 Å². The summed E-state index contributed by atoms with van der Waals surface area (Å²) in [4.78, 5) is 13.9. The molecule has 0 spiro atoms. The summed E-state index contributed by atoms with van der Waals surface area (Å²) in [5, 5.41) is 3.22. The fraction of sp³-hybridized carbons (Fsp3) is 0.357. The lowest BCUT2D eigenvalue weighted by Crippen LogP contribution is -2.55. The van der Waals surface area contributed by atoms with Crippen LogP contribution in [0.4, 0.5) is 24.8 Å². The molecular weight excluding hydrogens is 295 g/mol. The average Bonchev–Trinajstić information content (AvgIpc) is 2.42. The Kier molecular flexibility index (Phi) is 3.59. The second-order valence-electron chi connectivity index (χ2n) is 5.19. The Hall–Kier alpha value is -2.38. The van der Waals surface area contributed by atoms with Crippen LogP contribution in [0.5, 0.6) is 0 Å². The summed E-state index contributed by atoms with van der Waals surface area (Å²) in [6.07, 6.45) is -1.69. The third kappa shape index (κ3) is 3.10. The highest BCUT2D eigenvalue weighted by Gasteiger charge is 2.33. The van der Waals surface area contributed by atoms with Crippen molar-refractivity contribution < 1.29 is 13.2 Å². The third-order valence-corrected chi connectivity index (χ3v) is 3.43. The zero-order valence-electron chi connectivity index (χ0n) is 11.8. The summed E-state index contributed by atoms with van der Waals surface area (Å²) in [6, 6.07) is 4.00. The summed E-state index contributed by atoms with van der Waals surface area (Å²) >= 11 is 0. The molecule has 1 fully saturated rings. The van der Waals surface area contributed by atoms with Gasteiger partial charge in [-0.05, 0) is 19.1 Å². The number of alkyl halides is 3. The van der Waals surface area contributed by atoms with E-state index in [1.54, 1.807) is 4.90 Å². The molecule has 1 N–H and O–H groups in total. The summed E-state index contributed by atoms with van der Waals surface area (Å²) in [5.41, 5.74) is 0.175. The number of pyridine rings is 1. The maximum atomic E-state index is 12.7. The van der Waals surface area contributed by atoms with Crippen LogP contribution in [0, 0.1) is 6.92 Å². The Morgan fingerprint density at radius 3 is 2.64 bits per heavy atom. The molecule has 0 atom stereocenters. The van der Waals surface area contributed by atoms with Gasteiger partial charge in [0, 0.05) is 31.0 Å². The highest BCUT2D eigenvalue weighted by atomic mass is 19.4. The molecular formula is C14H14F3N5. The number of aryl methyl sites for hydroxylation is 1. The number of anilines is 2. The van der Waals surface area contributed by atoms with Crippen molar-refractivity contribution in [2.45, 2.75) is 19.1 Å². The summed E-state index contributed by atoms with van der Waals surface area (Å²) in [7, 11) is 0. The molecule has 3 rings (SSSR count). The normalized spacial score (nSPS) is 15.5. The van der Waals surface area contributed by atoms with E-state index < -0.39 is 11.7 Å². The van der Waals surface area contributed by atoms with Crippen LogP contribution in [0.2, 0.25) is 0 Å². The lowest BCUT2D eigenvalue weighted by molar-refractivity contribution is -0.137. The van der Waals surface area contributed by atoms with Gasteiger partial charge in [0.2, 0.25) is 0 Å². The number of rotatable bonds is 3. The van der Waals surface area contributed by atoms with E-state index in [4.69, 9.17) is 0 Å². The van der Waals surface area contributed by atoms with Crippen LogP contribution < -0.4 is 10.2 Å². The Morgan fingerprint density at radius 2 is 1.95 bits per heavy atom. The molecule has 0 aliphatic carbocycles. The van der Waals surface area contributed by atoms with Crippen molar-refractivity contribution in [1.29, 1.82) is 0 Å². The molecule has 1 aliphatic rings. The van der Waals surface area contributed by atoms with Gasteiger partial charge in [-0.3, -0.25) is 0 Å². The largest absolute Gasteiger partial charge is 0.416 e. The Labute approximate surface area is 125 Å². The van der Waals surface area contributed by atoms with Gasteiger partial charge < -0.3 is 10.2 Å². The van der Waals surface area contributed by atoms with Crippen LogP contribution >= 0.6 is 0 Å². The topological polar surface area (TPSA) is 53.9 Å². The number of nitrogens with zero attached hydrogens (tertiary/aromatic N) is 4. The number of hydrogen-bond acceptors (Lipinski definition) is 5. The highest BCUT2D eigenvalue weighted by Crippen LogP contribution is 2.31. The SMILES string of the molecule is Cc1cc(NC2CN(c3cc(C(F)(F)F)ccn3)C2)ncn1. The molecule has 0 saturated carbocycles. The lowest BCUT2D eigenvalue weighted by atomic mass is 10.1. The van der Waals surface area contributed by atoms with Crippen molar-refractivity contribution in [3.8, 4) is 0 Å². The maximum Gasteiger partial charge on any atom is 0.416 e. The first-order valence-electron chi connectivity index (χ1n) is 6.75. The molecule has 116 valence electrons. The average molecular weight is 309 g/mol. The van der Waals surface area contributed by atoms with Gasteiger partial charge in [-0.1, -0.05) is 0 Å². The van der Waals surface area contributed by atoms with Gasteiger partial charge in [0.15, 0.2) is 0 Å². The number of nitrogens with one attached hydrogen (secondary N) is 1. The highest BCUT2D eigenvalue weighted by molar-refractivity contribution is 5.48. The minimum absolute atomic E-state index is 0.130. The number of hydrogen-bond donors (Lipinski definition) is 1. The first-order valence-corrected chi connectivity index (χ1v) is 6.75. The van der Waals surface area contributed by atoms with Crippen molar-refractivity contribution in [3.63, 3.8) is 0 Å².